The standard InChI is InChI=1S/C15H21NO5/c1-9-7-10(12(17)8-13(18)19)5-6-11(9)16-14(20)21-15(2,3)4/h5-7,12,17H,8H2,1-4H3,(H,16,20)(H,18,19). The number of carbonyl (C=O) groups is 2. The van der Waals surface area contributed by atoms with Crippen LogP contribution in [-0.4, -0.2) is 27.9 Å². The molecule has 1 amide bonds. The average molecular weight is 295 g/mol. The van der Waals surface area contributed by atoms with E-state index in [1.54, 1.807) is 45.9 Å². The summed E-state index contributed by atoms with van der Waals surface area (Å²) in [4.78, 5) is 22.3. The zero-order valence-corrected chi connectivity index (χ0v) is 12.6. The lowest BCUT2D eigenvalue weighted by molar-refractivity contribution is -0.139. The van der Waals surface area contributed by atoms with Crippen molar-refractivity contribution < 1.29 is 24.5 Å². The lowest BCUT2D eigenvalue weighted by Gasteiger charge is -2.20. The maximum absolute atomic E-state index is 11.7. The fourth-order valence-electron chi connectivity index (χ4n) is 1.73. The largest absolute Gasteiger partial charge is 0.481 e. The number of aliphatic hydroxyl groups is 1. The number of anilines is 1. The molecule has 0 aliphatic rings. The van der Waals surface area contributed by atoms with Gasteiger partial charge in [0.1, 0.15) is 5.60 Å². The van der Waals surface area contributed by atoms with Crippen LogP contribution in [0.15, 0.2) is 18.2 Å². The predicted octanol–water partition coefficient (Wildman–Crippen LogP) is 2.85. The first-order chi connectivity index (χ1) is 9.58. The topological polar surface area (TPSA) is 95.9 Å². The van der Waals surface area contributed by atoms with Crippen LogP contribution in [-0.2, 0) is 9.53 Å². The Bertz CT molecular complexity index is 533. The van der Waals surface area contributed by atoms with Gasteiger partial charge < -0.3 is 14.9 Å². The summed E-state index contributed by atoms with van der Waals surface area (Å²) in [7, 11) is 0. The van der Waals surface area contributed by atoms with Crippen LogP contribution in [0.1, 0.15) is 44.4 Å². The third-order valence-electron chi connectivity index (χ3n) is 2.64. The molecule has 3 N–H and O–H groups in total. The fraction of sp³-hybridized carbons (Fsp3) is 0.467. The summed E-state index contributed by atoms with van der Waals surface area (Å²) in [5.74, 6) is -1.07. The highest BCUT2D eigenvalue weighted by atomic mass is 16.6. The van der Waals surface area contributed by atoms with Crippen LogP contribution in [0, 0.1) is 6.92 Å². The average Bonchev–Trinajstić information content (AvgIpc) is 2.28. The van der Waals surface area contributed by atoms with Crippen LogP contribution in [0.5, 0.6) is 0 Å². The molecule has 0 aliphatic carbocycles. The molecular formula is C15H21NO5. The van der Waals surface area contributed by atoms with Crippen molar-refractivity contribution >= 4 is 17.7 Å². The quantitative estimate of drug-likeness (QED) is 0.793. The molecular weight excluding hydrogens is 274 g/mol. The van der Waals surface area contributed by atoms with Gasteiger partial charge >= 0.3 is 12.1 Å². The summed E-state index contributed by atoms with van der Waals surface area (Å²) in [5, 5.41) is 21.0. The molecule has 0 saturated carbocycles. The Kier molecular flexibility index (Phi) is 5.32. The van der Waals surface area contributed by atoms with E-state index in [9.17, 15) is 14.7 Å². The van der Waals surface area contributed by atoms with Gasteiger partial charge in [-0.2, -0.15) is 0 Å². The number of carboxylic acid groups (broad SMARTS) is 1. The Morgan fingerprint density at radius 3 is 2.43 bits per heavy atom. The van der Waals surface area contributed by atoms with E-state index in [0.29, 0.717) is 16.8 Å². The number of carboxylic acids is 1. The number of aliphatic carboxylic acids is 1. The van der Waals surface area contributed by atoms with E-state index in [1.807, 2.05) is 0 Å². The van der Waals surface area contributed by atoms with E-state index in [1.165, 1.54) is 0 Å². The normalized spacial score (nSPS) is 12.6. The van der Waals surface area contributed by atoms with Crippen LogP contribution in [0.3, 0.4) is 0 Å². The number of benzene rings is 1. The first kappa shape index (κ1) is 17.0. The fourth-order valence-corrected chi connectivity index (χ4v) is 1.73. The van der Waals surface area contributed by atoms with Gasteiger partial charge in [-0.25, -0.2) is 4.79 Å². The molecule has 0 bridgehead atoms. The molecule has 1 aromatic rings. The van der Waals surface area contributed by atoms with Gasteiger partial charge in [0.15, 0.2) is 0 Å². The molecule has 0 aliphatic heterocycles. The van der Waals surface area contributed by atoms with E-state index in [2.05, 4.69) is 5.32 Å². The lowest BCUT2D eigenvalue weighted by Crippen LogP contribution is -2.27. The summed E-state index contributed by atoms with van der Waals surface area (Å²) in [6, 6.07) is 4.83. The number of aryl methyl sites for hydroxylation is 1. The maximum Gasteiger partial charge on any atom is 0.412 e. The molecule has 21 heavy (non-hydrogen) atoms. The van der Waals surface area contributed by atoms with Crippen molar-refractivity contribution in [3.05, 3.63) is 29.3 Å². The van der Waals surface area contributed by atoms with Crippen molar-refractivity contribution in [2.45, 2.75) is 45.8 Å². The minimum Gasteiger partial charge on any atom is -0.481 e. The Hall–Kier alpha value is -2.08. The highest BCUT2D eigenvalue weighted by molar-refractivity contribution is 5.86. The SMILES string of the molecule is Cc1cc(C(O)CC(=O)O)ccc1NC(=O)OC(C)(C)C. The number of hydrogen-bond donors (Lipinski definition) is 3. The van der Waals surface area contributed by atoms with Crippen LogP contribution in [0.2, 0.25) is 0 Å². The molecule has 1 aromatic carbocycles. The number of ether oxygens (including phenoxy) is 1. The van der Waals surface area contributed by atoms with E-state index in [0.717, 1.165) is 0 Å². The minimum atomic E-state index is -1.07. The van der Waals surface area contributed by atoms with Gasteiger partial charge in [0.05, 0.1) is 12.5 Å². The molecule has 0 radical (unpaired) electrons. The van der Waals surface area contributed by atoms with Crippen LogP contribution >= 0.6 is 0 Å². The number of carbonyl (C=O) groups excluding carboxylic acids is 1. The first-order valence-electron chi connectivity index (χ1n) is 6.59. The number of aliphatic hydroxyl groups excluding tert-OH is 1. The molecule has 0 aromatic heterocycles. The van der Waals surface area contributed by atoms with Gasteiger partial charge in [0.2, 0.25) is 0 Å². The zero-order valence-electron chi connectivity index (χ0n) is 12.6. The molecule has 6 nitrogen and oxygen atoms in total. The van der Waals surface area contributed by atoms with Gasteiger partial charge in [0.25, 0.3) is 0 Å². The van der Waals surface area contributed by atoms with E-state index >= 15 is 0 Å². The molecule has 1 rings (SSSR count). The summed E-state index contributed by atoms with van der Waals surface area (Å²) in [6.07, 6.45) is -2.00. The molecule has 0 saturated heterocycles. The Morgan fingerprint density at radius 1 is 1.33 bits per heavy atom. The zero-order chi connectivity index (χ0) is 16.2. The second-order valence-corrected chi connectivity index (χ2v) is 5.81. The van der Waals surface area contributed by atoms with E-state index < -0.39 is 23.8 Å². The van der Waals surface area contributed by atoms with Gasteiger partial charge in [0, 0.05) is 5.69 Å². The molecule has 1 unspecified atom stereocenters. The smallest absolute Gasteiger partial charge is 0.412 e. The van der Waals surface area contributed by atoms with E-state index in [-0.39, 0.29) is 6.42 Å². The Morgan fingerprint density at radius 2 is 1.95 bits per heavy atom. The lowest BCUT2D eigenvalue weighted by atomic mass is 10.0. The maximum atomic E-state index is 11.7. The van der Waals surface area contributed by atoms with Crippen LogP contribution in [0.4, 0.5) is 10.5 Å². The van der Waals surface area contributed by atoms with E-state index in [4.69, 9.17) is 9.84 Å². The summed E-state index contributed by atoms with van der Waals surface area (Å²) < 4.78 is 5.15. The third-order valence-corrected chi connectivity index (χ3v) is 2.64. The molecule has 116 valence electrons. The summed E-state index contributed by atoms with van der Waals surface area (Å²) in [5.41, 5.74) is 1.17. The monoisotopic (exact) mass is 295 g/mol. The minimum absolute atomic E-state index is 0.363. The van der Waals surface area contributed by atoms with Crippen molar-refractivity contribution in [3.8, 4) is 0 Å². The second kappa shape index (κ2) is 6.58. The molecule has 0 fully saturated rings. The van der Waals surface area contributed by atoms with Crippen molar-refractivity contribution in [1.82, 2.24) is 0 Å². The van der Waals surface area contributed by atoms with Crippen molar-refractivity contribution in [1.29, 1.82) is 0 Å². The molecule has 6 heteroatoms. The Labute approximate surface area is 123 Å². The molecule has 1 atom stereocenters. The van der Waals surface area contributed by atoms with Crippen LogP contribution < -0.4 is 5.32 Å². The van der Waals surface area contributed by atoms with Gasteiger partial charge in [-0.1, -0.05) is 12.1 Å². The summed E-state index contributed by atoms with van der Waals surface area (Å²) in [6.45, 7) is 7.06. The molecule has 0 spiro atoms. The molecule has 0 heterocycles. The highest BCUT2D eigenvalue weighted by Gasteiger charge is 2.17. The third kappa shape index (κ3) is 5.83. The van der Waals surface area contributed by atoms with Gasteiger partial charge in [-0.3, -0.25) is 10.1 Å². The summed E-state index contributed by atoms with van der Waals surface area (Å²) >= 11 is 0. The van der Waals surface area contributed by atoms with Crippen LogP contribution in [0.25, 0.3) is 0 Å². The predicted molar refractivity (Wildman–Crippen MR) is 78.2 cm³/mol. The van der Waals surface area contributed by atoms with Crippen molar-refractivity contribution in [2.24, 2.45) is 0 Å². The van der Waals surface area contributed by atoms with Crippen molar-refractivity contribution in [3.63, 3.8) is 0 Å². The highest BCUT2D eigenvalue weighted by Crippen LogP contribution is 2.23. The number of amides is 1. The number of hydrogen-bond acceptors (Lipinski definition) is 4. The van der Waals surface area contributed by atoms with Gasteiger partial charge in [-0.15, -0.1) is 0 Å². The second-order valence-electron chi connectivity index (χ2n) is 5.81. The number of rotatable bonds is 4. The van der Waals surface area contributed by atoms with Crippen molar-refractivity contribution in [2.75, 3.05) is 5.32 Å². The first-order valence-corrected chi connectivity index (χ1v) is 6.59. The Balaban J connectivity index is 2.79. The van der Waals surface area contributed by atoms with Gasteiger partial charge in [-0.05, 0) is 44.9 Å². The number of nitrogens with one attached hydrogen (secondary N) is 1.